The SMILES string of the molecule is COc1ccc(NC(=O)N2CCC(C)CC2)c(C(=O)O)c1. The summed E-state index contributed by atoms with van der Waals surface area (Å²) in [5.41, 5.74) is 0.306. The summed E-state index contributed by atoms with van der Waals surface area (Å²) in [6, 6.07) is 4.32. The van der Waals surface area contributed by atoms with Gasteiger partial charge < -0.3 is 20.1 Å². The lowest BCUT2D eigenvalue weighted by Crippen LogP contribution is -2.40. The number of nitrogens with zero attached hydrogens (tertiary/aromatic N) is 1. The zero-order valence-corrected chi connectivity index (χ0v) is 12.3. The lowest BCUT2D eigenvalue weighted by molar-refractivity contribution is 0.0697. The van der Waals surface area contributed by atoms with Gasteiger partial charge in [-0.25, -0.2) is 9.59 Å². The number of carbonyl (C=O) groups is 2. The molecular weight excluding hydrogens is 272 g/mol. The van der Waals surface area contributed by atoms with E-state index in [0.717, 1.165) is 12.8 Å². The number of rotatable bonds is 3. The molecule has 1 aliphatic heterocycles. The maximum atomic E-state index is 12.2. The molecule has 1 aromatic carbocycles. The highest BCUT2D eigenvalue weighted by molar-refractivity contribution is 6.00. The molecule has 114 valence electrons. The Labute approximate surface area is 123 Å². The van der Waals surface area contributed by atoms with Gasteiger partial charge in [0, 0.05) is 13.1 Å². The monoisotopic (exact) mass is 292 g/mol. The molecule has 1 fully saturated rings. The summed E-state index contributed by atoms with van der Waals surface area (Å²) < 4.78 is 5.01. The molecule has 0 spiro atoms. The van der Waals surface area contributed by atoms with Crippen LogP contribution in [-0.4, -0.2) is 42.2 Å². The first-order valence-electron chi connectivity index (χ1n) is 6.98. The molecule has 0 aromatic heterocycles. The van der Waals surface area contributed by atoms with Crippen LogP contribution in [-0.2, 0) is 0 Å². The third-order valence-corrected chi connectivity index (χ3v) is 3.77. The summed E-state index contributed by atoms with van der Waals surface area (Å²) in [5, 5.41) is 11.9. The number of benzene rings is 1. The van der Waals surface area contributed by atoms with Crippen LogP contribution in [0.15, 0.2) is 18.2 Å². The van der Waals surface area contributed by atoms with Gasteiger partial charge in [0.15, 0.2) is 0 Å². The largest absolute Gasteiger partial charge is 0.497 e. The van der Waals surface area contributed by atoms with Crippen LogP contribution in [0.4, 0.5) is 10.5 Å². The van der Waals surface area contributed by atoms with Crippen molar-refractivity contribution in [2.45, 2.75) is 19.8 Å². The van der Waals surface area contributed by atoms with E-state index in [1.807, 2.05) is 0 Å². The van der Waals surface area contributed by atoms with E-state index in [2.05, 4.69) is 12.2 Å². The standard InChI is InChI=1S/C15H20N2O4/c1-10-5-7-17(8-6-10)15(20)16-13-4-3-11(21-2)9-12(13)14(18)19/h3-4,9-10H,5-8H2,1-2H3,(H,16,20)(H,18,19). The molecule has 0 aliphatic carbocycles. The third kappa shape index (κ3) is 3.65. The van der Waals surface area contributed by atoms with Crippen molar-refractivity contribution in [2.75, 3.05) is 25.5 Å². The fourth-order valence-corrected chi connectivity index (χ4v) is 2.34. The second-order valence-electron chi connectivity index (χ2n) is 5.32. The van der Waals surface area contributed by atoms with E-state index in [1.54, 1.807) is 17.0 Å². The molecule has 1 aliphatic rings. The van der Waals surface area contributed by atoms with Crippen LogP contribution in [0.25, 0.3) is 0 Å². The molecule has 0 saturated carbocycles. The second kappa shape index (κ2) is 6.47. The molecule has 1 heterocycles. The summed E-state index contributed by atoms with van der Waals surface area (Å²) in [6.45, 7) is 3.57. The summed E-state index contributed by atoms with van der Waals surface area (Å²) in [6.07, 6.45) is 1.95. The Morgan fingerprint density at radius 3 is 2.57 bits per heavy atom. The highest BCUT2D eigenvalue weighted by Gasteiger charge is 2.22. The zero-order chi connectivity index (χ0) is 15.4. The highest BCUT2D eigenvalue weighted by atomic mass is 16.5. The van der Waals surface area contributed by atoms with Gasteiger partial charge in [-0.3, -0.25) is 0 Å². The number of carbonyl (C=O) groups excluding carboxylic acids is 1. The molecule has 2 N–H and O–H groups in total. The van der Waals surface area contributed by atoms with E-state index in [9.17, 15) is 14.7 Å². The first-order valence-corrected chi connectivity index (χ1v) is 6.98. The van der Waals surface area contributed by atoms with Crippen molar-refractivity contribution in [1.82, 2.24) is 4.90 Å². The molecule has 1 saturated heterocycles. The smallest absolute Gasteiger partial charge is 0.337 e. The molecule has 6 heteroatoms. The van der Waals surface area contributed by atoms with E-state index in [1.165, 1.54) is 13.2 Å². The molecule has 0 radical (unpaired) electrons. The van der Waals surface area contributed by atoms with Crippen molar-refractivity contribution in [1.29, 1.82) is 0 Å². The van der Waals surface area contributed by atoms with Gasteiger partial charge in [-0.1, -0.05) is 6.92 Å². The van der Waals surface area contributed by atoms with Crippen LogP contribution in [0.1, 0.15) is 30.1 Å². The maximum Gasteiger partial charge on any atom is 0.337 e. The fourth-order valence-electron chi connectivity index (χ4n) is 2.34. The van der Waals surface area contributed by atoms with Gasteiger partial charge in [0.2, 0.25) is 0 Å². The van der Waals surface area contributed by atoms with Crippen molar-refractivity contribution < 1.29 is 19.4 Å². The lowest BCUT2D eigenvalue weighted by Gasteiger charge is -2.30. The van der Waals surface area contributed by atoms with Gasteiger partial charge >= 0.3 is 12.0 Å². The Morgan fingerprint density at radius 1 is 1.33 bits per heavy atom. The van der Waals surface area contributed by atoms with Crippen LogP contribution in [0.2, 0.25) is 0 Å². The Hall–Kier alpha value is -2.24. The second-order valence-corrected chi connectivity index (χ2v) is 5.32. The van der Waals surface area contributed by atoms with Gasteiger partial charge in [-0.15, -0.1) is 0 Å². The number of carboxylic acid groups (broad SMARTS) is 1. The van der Waals surface area contributed by atoms with Crippen molar-refractivity contribution in [3.63, 3.8) is 0 Å². The van der Waals surface area contributed by atoms with Crippen molar-refractivity contribution in [3.05, 3.63) is 23.8 Å². The topological polar surface area (TPSA) is 78.9 Å². The molecule has 2 rings (SSSR count). The highest BCUT2D eigenvalue weighted by Crippen LogP contribution is 2.23. The summed E-state index contributed by atoms with van der Waals surface area (Å²) in [4.78, 5) is 25.2. The van der Waals surface area contributed by atoms with Gasteiger partial charge in [0.25, 0.3) is 0 Å². The van der Waals surface area contributed by atoms with E-state index in [0.29, 0.717) is 24.8 Å². The normalized spacial score (nSPS) is 15.6. The van der Waals surface area contributed by atoms with E-state index in [4.69, 9.17) is 4.74 Å². The molecular formula is C15H20N2O4. The molecule has 0 atom stereocenters. The predicted molar refractivity (Wildman–Crippen MR) is 78.9 cm³/mol. The average molecular weight is 292 g/mol. The lowest BCUT2D eigenvalue weighted by atomic mass is 10.00. The number of nitrogens with one attached hydrogen (secondary N) is 1. The molecule has 0 unspecified atom stereocenters. The number of ether oxygens (including phenoxy) is 1. The Balaban J connectivity index is 2.11. The first kappa shape index (κ1) is 15.2. The van der Waals surface area contributed by atoms with Crippen LogP contribution in [0, 0.1) is 5.92 Å². The predicted octanol–water partition coefficient (Wildman–Crippen LogP) is 2.66. The van der Waals surface area contributed by atoms with Crippen molar-refractivity contribution in [3.8, 4) is 5.75 Å². The number of carboxylic acids is 1. The number of hydrogen-bond acceptors (Lipinski definition) is 3. The Kier molecular flexibility index (Phi) is 4.67. The van der Waals surface area contributed by atoms with Gasteiger partial charge in [0.05, 0.1) is 18.4 Å². The number of amides is 2. The molecule has 1 aromatic rings. The van der Waals surface area contributed by atoms with E-state index < -0.39 is 5.97 Å². The number of urea groups is 1. The van der Waals surface area contributed by atoms with Gasteiger partial charge in [-0.2, -0.15) is 0 Å². The number of methoxy groups -OCH3 is 1. The van der Waals surface area contributed by atoms with Crippen molar-refractivity contribution in [2.24, 2.45) is 5.92 Å². The van der Waals surface area contributed by atoms with Crippen LogP contribution in [0.3, 0.4) is 0 Å². The average Bonchev–Trinajstić information content (AvgIpc) is 2.48. The Bertz CT molecular complexity index is 536. The zero-order valence-electron chi connectivity index (χ0n) is 12.3. The summed E-state index contributed by atoms with van der Waals surface area (Å²) in [7, 11) is 1.47. The fraction of sp³-hybridized carbons (Fsp3) is 0.467. The summed E-state index contributed by atoms with van der Waals surface area (Å²) >= 11 is 0. The molecule has 2 amide bonds. The molecule has 21 heavy (non-hydrogen) atoms. The van der Waals surface area contributed by atoms with Crippen molar-refractivity contribution >= 4 is 17.7 Å². The molecule has 6 nitrogen and oxygen atoms in total. The number of piperidine rings is 1. The van der Waals surface area contributed by atoms with Crippen LogP contribution >= 0.6 is 0 Å². The minimum atomic E-state index is -1.10. The van der Waals surface area contributed by atoms with Gasteiger partial charge in [0.1, 0.15) is 5.75 Å². The third-order valence-electron chi connectivity index (χ3n) is 3.77. The maximum absolute atomic E-state index is 12.2. The summed E-state index contributed by atoms with van der Waals surface area (Å²) in [5.74, 6) is -0.0294. The minimum Gasteiger partial charge on any atom is -0.497 e. The molecule has 0 bridgehead atoms. The minimum absolute atomic E-state index is 0.0214. The quantitative estimate of drug-likeness (QED) is 0.897. The van der Waals surface area contributed by atoms with Crippen LogP contribution < -0.4 is 10.1 Å². The number of aromatic carboxylic acids is 1. The number of anilines is 1. The number of likely N-dealkylation sites (tertiary alicyclic amines) is 1. The van der Waals surface area contributed by atoms with Gasteiger partial charge in [-0.05, 0) is 37.0 Å². The van der Waals surface area contributed by atoms with E-state index >= 15 is 0 Å². The van der Waals surface area contributed by atoms with E-state index in [-0.39, 0.29) is 17.3 Å². The number of hydrogen-bond donors (Lipinski definition) is 2. The van der Waals surface area contributed by atoms with Crippen LogP contribution in [0.5, 0.6) is 5.75 Å². The first-order chi connectivity index (χ1) is 10.0. The Morgan fingerprint density at radius 2 is 2.00 bits per heavy atom.